The van der Waals surface area contributed by atoms with Gasteiger partial charge in [0.2, 0.25) is 0 Å². The Bertz CT molecular complexity index is 702. The van der Waals surface area contributed by atoms with Crippen molar-refractivity contribution in [3.05, 3.63) is 70.4 Å². The smallest absolute Gasteiger partial charge is 0.134 e. The molecule has 1 aromatic heterocycles. The van der Waals surface area contributed by atoms with Gasteiger partial charge in [0.1, 0.15) is 5.58 Å². The maximum Gasteiger partial charge on any atom is 0.134 e. The molecule has 0 radical (unpaired) electrons. The molecule has 1 heterocycles. The van der Waals surface area contributed by atoms with E-state index in [1.165, 1.54) is 16.5 Å². The van der Waals surface area contributed by atoms with Crippen molar-refractivity contribution in [2.75, 3.05) is 0 Å². The standard InChI is InChI=1S/C17H16BrNO/c1-12(13-6-8-15(18)9-7-13)19-10-14-11-20-17-5-3-2-4-16(14)17/h2-9,11-12,19H,10H2,1H3/t12-/m1/s1. The van der Waals surface area contributed by atoms with Gasteiger partial charge in [-0.1, -0.05) is 46.3 Å². The highest BCUT2D eigenvalue weighted by molar-refractivity contribution is 9.10. The number of rotatable bonds is 4. The second-order valence-electron chi connectivity index (χ2n) is 4.91. The van der Waals surface area contributed by atoms with Crippen molar-refractivity contribution in [2.24, 2.45) is 0 Å². The van der Waals surface area contributed by atoms with Crippen LogP contribution in [0.4, 0.5) is 0 Å². The minimum atomic E-state index is 0.303. The topological polar surface area (TPSA) is 25.2 Å². The number of fused-ring (bicyclic) bond motifs is 1. The molecule has 0 saturated heterocycles. The van der Waals surface area contributed by atoms with Gasteiger partial charge in [-0.05, 0) is 30.7 Å². The first-order valence-electron chi connectivity index (χ1n) is 6.68. The van der Waals surface area contributed by atoms with E-state index in [0.717, 1.165) is 16.6 Å². The Hall–Kier alpha value is -1.58. The average molecular weight is 330 g/mol. The SMILES string of the molecule is C[C@@H](NCc1coc2ccccc12)c1ccc(Br)cc1. The number of nitrogens with one attached hydrogen (secondary N) is 1. The molecule has 0 aliphatic carbocycles. The third kappa shape index (κ3) is 2.79. The third-order valence-electron chi connectivity index (χ3n) is 3.53. The molecule has 20 heavy (non-hydrogen) atoms. The molecule has 0 amide bonds. The van der Waals surface area contributed by atoms with Gasteiger partial charge in [0, 0.05) is 28.0 Å². The number of para-hydroxylation sites is 1. The van der Waals surface area contributed by atoms with Crippen molar-refractivity contribution in [2.45, 2.75) is 19.5 Å². The lowest BCUT2D eigenvalue weighted by Crippen LogP contribution is -2.17. The predicted octanol–water partition coefficient (Wildman–Crippen LogP) is 5.05. The monoisotopic (exact) mass is 329 g/mol. The van der Waals surface area contributed by atoms with E-state index in [0.29, 0.717) is 6.04 Å². The van der Waals surface area contributed by atoms with Crippen LogP contribution in [-0.2, 0) is 6.54 Å². The zero-order chi connectivity index (χ0) is 13.9. The summed E-state index contributed by atoms with van der Waals surface area (Å²) in [5.74, 6) is 0. The quantitative estimate of drug-likeness (QED) is 0.724. The van der Waals surface area contributed by atoms with Gasteiger partial charge in [-0.3, -0.25) is 0 Å². The summed E-state index contributed by atoms with van der Waals surface area (Å²) >= 11 is 3.46. The molecule has 0 spiro atoms. The van der Waals surface area contributed by atoms with Crippen molar-refractivity contribution in [1.29, 1.82) is 0 Å². The van der Waals surface area contributed by atoms with Crippen LogP contribution in [0.25, 0.3) is 11.0 Å². The first-order valence-corrected chi connectivity index (χ1v) is 7.47. The first kappa shape index (κ1) is 13.4. The molecule has 3 heteroatoms. The number of hydrogen-bond acceptors (Lipinski definition) is 2. The van der Waals surface area contributed by atoms with Crippen LogP contribution in [0.2, 0.25) is 0 Å². The number of benzene rings is 2. The molecular formula is C17H16BrNO. The second kappa shape index (κ2) is 5.81. The van der Waals surface area contributed by atoms with Gasteiger partial charge in [0.05, 0.1) is 6.26 Å². The molecule has 0 aliphatic rings. The fourth-order valence-electron chi connectivity index (χ4n) is 2.30. The zero-order valence-electron chi connectivity index (χ0n) is 11.3. The lowest BCUT2D eigenvalue weighted by atomic mass is 10.1. The van der Waals surface area contributed by atoms with Gasteiger partial charge >= 0.3 is 0 Å². The van der Waals surface area contributed by atoms with Gasteiger partial charge in [0.15, 0.2) is 0 Å². The van der Waals surface area contributed by atoms with Crippen molar-refractivity contribution >= 4 is 26.9 Å². The van der Waals surface area contributed by atoms with E-state index in [1.807, 2.05) is 24.5 Å². The molecule has 1 N–H and O–H groups in total. The number of hydrogen-bond donors (Lipinski definition) is 1. The second-order valence-corrected chi connectivity index (χ2v) is 5.83. The van der Waals surface area contributed by atoms with Gasteiger partial charge in [-0.25, -0.2) is 0 Å². The summed E-state index contributed by atoms with van der Waals surface area (Å²) in [6.45, 7) is 2.97. The van der Waals surface area contributed by atoms with Crippen LogP contribution in [0, 0.1) is 0 Å². The summed E-state index contributed by atoms with van der Waals surface area (Å²) in [7, 11) is 0. The van der Waals surface area contributed by atoms with E-state index in [2.05, 4.69) is 58.5 Å². The molecule has 102 valence electrons. The summed E-state index contributed by atoms with van der Waals surface area (Å²) < 4.78 is 6.66. The Kier molecular flexibility index (Phi) is 3.90. The Morgan fingerprint density at radius 2 is 1.85 bits per heavy atom. The minimum Gasteiger partial charge on any atom is -0.464 e. The largest absolute Gasteiger partial charge is 0.464 e. The van der Waals surface area contributed by atoms with Gasteiger partial charge in [-0.2, -0.15) is 0 Å². The molecule has 0 aliphatic heterocycles. The summed E-state index contributed by atoms with van der Waals surface area (Å²) in [6.07, 6.45) is 1.84. The summed E-state index contributed by atoms with van der Waals surface area (Å²) in [5.41, 5.74) is 3.42. The van der Waals surface area contributed by atoms with Gasteiger partial charge in [-0.15, -0.1) is 0 Å². The number of halogens is 1. The van der Waals surface area contributed by atoms with E-state index in [9.17, 15) is 0 Å². The fourth-order valence-corrected chi connectivity index (χ4v) is 2.57. The van der Waals surface area contributed by atoms with Crippen molar-refractivity contribution in [3.8, 4) is 0 Å². The Balaban J connectivity index is 1.71. The Labute approximate surface area is 126 Å². The molecule has 0 unspecified atom stereocenters. The van der Waals surface area contributed by atoms with E-state index >= 15 is 0 Å². The highest BCUT2D eigenvalue weighted by Gasteiger charge is 2.08. The maximum atomic E-state index is 5.56. The molecule has 0 saturated carbocycles. The van der Waals surface area contributed by atoms with Crippen LogP contribution < -0.4 is 5.32 Å². The lowest BCUT2D eigenvalue weighted by Gasteiger charge is -2.13. The highest BCUT2D eigenvalue weighted by atomic mass is 79.9. The molecule has 3 rings (SSSR count). The summed E-state index contributed by atoms with van der Waals surface area (Å²) in [4.78, 5) is 0. The third-order valence-corrected chi connectivity index (χ3v) is 4.06. The van der Waals surface area contributed by atoms with Crippen molar-refractivity contribution < 1.29 is 4.42 Å². The first-order chi connectivity index (χ1) is 9.74. The van der Waals surface area contributed by atoms with Crippen LogP contribution in [-0.4, -0.2) is 0 Å². The lowest BCUT2D eigenvalue weighted by molar-refractivity contribution is 0.562. The zero-order valence-corrected chi connectivity index (χ0v) is 12.9. The van der Waals surface area contributed by atoms with Crippen molar-refractivity contribution in [1.82, 2.24) is 5.32 Å². The molecule has 0 bridgehead atoms. The molecule has 2 nitrogen and oxygen atoms in total. The Morgan fingerprint density at radius 3 is 2.65 bits per heavy atom. The van der Waals surface area contributed by atoms with E-state index in [4.69, 9.17) is 4.42 Å². The van der Waals surface area contributed by atoms with E-state index in [1.54, 1.807) is 0 Å². The van der Waals surface area contributed by atoms with E-state index < -0.39 is 0 Å². The molecule has 2 aromatic carbocycles. The van der Waals surface area contributed by atoms with Crippen LogP contribution >= 0.6 is 15.9 Å². The highest BCUT2D eigenvalue weighted by Crippen LogP contribution is 2.22. The molecule has 0 fully saturated rings. The number of furan rings is 1. The van der Waals surface area contributed by atoms with Crippen LogP contribution in [0.5, 0.6) is 0 Å². The van der Waals surface area contributed by atoms with Crippen LogP contribution in [0.15, 0.2) is 63.7 Å². The minimum absolute atomic E-state index is 0.303. The maximum absolute atomic E-state index is 5.56. The summed E-state index contributed by atoms with van der Waals surface area (Å²) in [5, 5.41) is 4.72. The van der Waals surface area contributed by atoms with E-state index in [-0.39, 0.29) is 0 Å². The van der Waals surface area contributed by atoms with Gasteiger partial charge < -0.3 is 9.73 Å². The molecule has 3 aromatic rings. The molecular weight excluding hydrogens is 314 g/mol. The van der Waals surface area contributed by atoms with Crippen molar-refractivity contribution in [3.63, 3.8) is 0 Å². The van der Waals surface area contributed by atoms with Crippen LogP contribution in [0.1, 0.15) is 24.1 Å². The fraction of sp³-hybridized carbons (Fsp3) is 0.176. The van der Waals surface area contributed by atoms with Crippen LogP contribution in [0.3, 0.4) is 0 Å². The Morgan fingerprint density at radius 1 is 1.10 bits per heavy atom. The normalized spacial score (nSPS) is 12.7. The average Bonchev–Trinajstić information content (AvgIpc) is 2.89. The summed E-state index contributed by atoms with van der Waals surface area (Å²) in [6, 6.07) is 16.8. The van der Waals surface area contributed by atoms with Gasteiger partial charge in [0.25, 0.3) is 0 Å². The predicted molar refractivity (Wildman–Crippen MR) is 85.6 cm³/mol. The molecule has 1 atom stereocenters.